The molecule has 3 unspecified atom stereocenters. The summed E-state index contributed by atoms with van der Waals surface area (Å²) in [4.78, 5) is 41.8. The van der Waals surface area contributed by atoms with E-state index in [2.05, 4.69) is 28.2 Å². The highest BCUT2D eigenvalue weighted by atomic mass is 32.1. The predicted molar refractivity (Wildman–Crippen MR) is 96.4 cm³/mol. The lowest BCUT2D eigenvalue weighted by molar-refractivity contribution is -0.222. The van der Waals surface area contributed by atoms with Crippen molar-refractivity contribution in [1.82, 2.24) is 9.55 Å². The van der Waals surface area contributed by atoms with Crippen LogP contribution in [0, 0.1) is 4.77 Å². The molecule has 1 aromatic heterocycles. The van der Waals surface area contributed by atoms with E-state index in [1.54, 1.807) is 0 Å². The first-order valence-electron chi connectivity index (χ1n) is 7.30. The average molecular weight is 526 g/mol. The second-order valence-electron chi connectivity index (χ2n) is 5.49. The summed E-state index contributed by atoms with van der Waals surface area (Å²) in [5.41, 5.74) is 14.2. The van der Waals surface area contributed by atoms with Gasteiger partial charge in [-0.05, 0) is 28.9 Å². The molecule has 31 heavy (non-hydrogen) atoms. The zero-order chi connectivity index (χ0) is 23.8. The summed E-state index contributed by atoms with van der Waals surface area (Å²) < 4.78 is 51.2. The van der Waals surface area contributed by atoms with Crippen molar-refractivity contribution < 1.29 is 61.4 Å². The van der Waals surface area contributed by atoms with Crippen molar-refractivity contribution in [3.8, 4) is 0 Å². The Morgan fingerprint density at radius 1 is 1.26 bits per heavy atom. The molecule has 2 heterocycles. The van der Waals surface area contributed by atoms with Gasteiger partial charge in [-0.1, -0.05) is 0 Å². The van der Waals surface area contributed by atoms with Crippen molar-refractivity contribution in [2.45, 2.75) is 24.3 Å². The summed E-state index contributed by atoms with van der Waals surface area (Å²) in [6.45, 7) is 0. The zero-order valence-corrected chi connectivity index (χ0v) is 18.0. The molecule has 0 aromatic carbocycles. The quantitative estimate of drug-likeness (QED) is 0.0755. The number of aliphatic hydroxyl groups is 2. The summed E-state index contributed by atoms with van der Waals surface area (Å²) in [5.74, 6) is -3.30. The van der Waals surface area contributed by atoms with Gasteiger partial charge in [-0.3, -0.25) is 4.57 Å². The van der Waals surface area contributed by atoms with Crippen LogP contribution in [0.25, 0.3) is 10.4 Å². The fraction of sp³-hybridized carbons (Fsp3) is 0.500. The third kappa shape index (κ3) is 6.36. The molecule has 2 rings (SSSR count). The lowest BCUT2D eigenvalue weighted by Crippen LogP contribution is -2.43. The number of hydrogen-bond donors (Lipinski definition) is 7. The Kier molecular flexibility index (Phi) is 7.46. The molecule has 1 saturated heterocycles. The fourth-order valence-electron chi connectivity index (χ4n) is 2.23. The highest BCUT2D eigenvalue weighted by Crippen LogP contribution is 2.67. The maximum Gasteiger partial charge on any atom is 0.490 e. The van der Waals surface area contributed by atoms with Crippen LogP contribution < -0.4 is 5.73 Å². The Morgan fingerprint density at radius 3 is 2.39 bits per heavy atom. The molecular formula is C8H13N6O13P3S. The van der Waals surface area contributed by atoms with Crippen LogP contribution in [0.3, 0.4) is 0 Å². The maximum atomic E-state index is 12.1. The van der Waals surface area contributed by atoms with Crippen LogP contribution in [-0.4, -0.2) is 57.5 Å². The minimum absolute atomic E-state index is 0.0381. The van der Waals surface area contributed by atoms with Crippen molar-refractivity contribution in [3.63, 3.8) is 0 Å². The van der Waals surface area contributed by atoms with Gasteiger partial charge in [-0.15, -0.1) is 0 Å². The monoisotopic (exact) mass is 526 g/mol. The normalized spacial score (nSPS) is 30.2. The highest BCUT2D eigenvalue weighted by Gasteiger charge is 2.60. The molecule has 6 atom stereocenters. The smallest absolute Gasteiger partial charge is 0.385 e. The van der Waals surface area contributed by atoms with Gasteiger partial charge in [-0.25, -0.2) is 23.2 Å². The molecule has 23 heteroatoms. The molecule has 0 saturated carbocycles. The van der Waals surface area contributed by atoms with E-state index in [0.29, 0.717) is 0 Å². The minimum Gasteiger partial charge on any atom is -0.385 e. The van der Waals surface area contributed by atoms with Crippen molar-refractivity contribution in [2.75, 3.05) is 5.73 Å². The van der Waals surface area contributed by atoms with Crippen molar-refractivity contribution >= 4 is 41.5 Å². The summed E-state index contributed by atoms with van der Waals surface area (Å²) in [6, 6.07) is 1.19. The van der Waals surface area contributed by atoms with Crippen molar-refractivity contribution in [3.05, 3.63) is 27.5 Å². The van der Waals surface area contributed by atoms with Crippen LogP contribution >= 0.6 is 35.7 Å². The van der Waals surface area contributed by atoms with Crippen LogP contribution in [0.15, 0.2) is 17.4 Å². The van der Waals surface area contributed by atoms with Gasteiger partial charge in [-0.2, -0.15) is 8.62 Å². The molecule has 174 valence electrons. The Hall–Kier alpha value is -1.30. The number of aromatic nitrogens is 2. The number of nitrogen functional groups attached to an aromatic ring is 1. The van der Waals surface area contributed by atoms with Crippen LogP contribution in [-0.2, 0) is 31.6 Å². The van der Waals surface area contributed by atoms with Gasteiger partial charge in [0.25, 0.3) is 5.91 Å². The Balaban J connectivity index is 2.40. The second kappa shape index (κ2) is 8.92. The van der Waals surface area contributed by atoms with Gasteiger partial charge >= 0.3 is 23.5 Å². The van der Waals surface area contributed by atoms with E-state index in [-0.39, 0.29) is 10.6 Å². The number of azide groups is 1. The molecule has 1 aromatic rings. The highest BCUT2D eigenvalue weighted by molar-refractivity contribution is 7.71. The van der Waals surface area contributed by atoms with E-state index < -0.39 is 47.8 Å². The first-order chi connectivity index (χ1) is 14.0. The molecule has 0 radical (unpaired) electrons. The van der Waals surface area contributed by atoms with Crippen LogP contribution in [0.5, 0.6) is 0 Å². The number of phosphoric acid groups is 3. The van der Waals surface area contributed by atoms with Crippen LogP contribution in [0.4, 0.5) is 5.82 Å². The molecule has 1 aliphatic rings. The average Bonchev–Trinajstić information content (AvgIpc) is 2.76. The Labute approximate surface area is 175 Å². The van der Waals surface area contributed by atoms with E-state index in [1.807, 2.05) is 0 Å². The first-order valence-corrected chi connectivity index (χ1v) is 12.2. The largest absolute Gasteiger partial charge is 0.490 e. The van der Waals surface area contributed by atoms with E-state index in [1.165, 1.54) is 6.07 Å². The predicted octanol–water partition coefficient (Wildman–Crippen LogP) is -0.247. The van der Waals surface area contributed by atoms with Gasteiger partial charge < -0.3 is 40.3 Å². The van der Waals surface area contributed by atoms with Crippen LogP contribution in [0.1, 0.15) is 6.23 Å². The van der Waals surface area contributed by atoms with Gasteiger partial charge in [0.1, 0.15) is 18.0 Å². The Morgan fingerprint density at radius 2 is 1.87 bits per heavy atom. The van der Waals surface area contributed by atoms with Crippen molar-refractivity contribution in [2.24, 2.45) is 5.11 Å². The van der Waals surface area contributed by atoms with Gasteiger partial charge in [0.15, 0.2) is 6.23 Å². The lowest BCUT2D eigenvalue weighted by atomic mass is 10.2. The summed E-state index contributed by atoms with van der Waals surface area (Å²) >= 11 is 4.90. The molecule has 19 nitrogen and oxygen atoms in total. The lowest BCUT2D eigenvalue weighted by Gasteiger charge is -2.28. The topological polar surface area (TPSA) is 302 Å². The number of ether oxygens (including phenoxy) is 1. The number of hydrogen-bond acceptors (Lipinski definition) is 13. The Bertz CT molecular complexity index is 1100. The summed E-state index contributed by atoms with van der Waals surface area (Å²) in [6.07, 6.45) is -5.12. The number of anilines is 1. The second-order valence-corrected chi connectivity index (χ2v) is 10.2. The molecule has 0 aliphatic carbocycles. The molecule has 8 N–H and O–H groups in total. The SMILES string of the molecule is [N-]=[N+]=N[C@]1(OP(=O)(O)OP(=O)(O)OP(=O)(O)O)O[C@@H](n2ccc(N)nc2=S)C(O)[C@H]1O. The fourth-order valence-corrected chi connectivity index (χ4v) is 5.65. The van der Waals surface area contributed by atoms with Gasteiger partial charge in [0.05, 0.1) is 0 Å². The van der Waals surface area contributed by atoms with Gasteiger partial charge in [0.2, 0.25) is 4.77 Å². The third-order valence-corrected chi connectivity index (χ3v) is 7.37. The number of nitrogens with zero attached hydrogens (tertiary/aromatic N) is 5. The molecular weight excluding hydrogens is 513 g/mol. The summed E-state index contributed by atoms with van der Waals surface area (Å²) in [5, 5.41) is 23.3. The first kappa shape index (κ1) is 26.0. The van der Waals surface area contributed by atoms with Crippen LogP contribution in [0.2, 0.25) is 0 Å². The zero-order valence-electron chi connectivity index (χ0n) is 14.5. The molecule has 0 bridgehead atoms. The van der Waals surface area contributed by atoms with Gasteiger partial charge in [0, 0.05) is 11.1 Å². The van der Waals surface area contributed by atoms with Crippen molar-refractivity contribution in [1.29, 1.82) is 0 Å². The standard InChI is InChI=1S/C8H13N6O13P3S/c9-3-1-2-14(7(31)11-3)6-4(15)5(16)8(24-6,12-13-10)25-29(20,21)27-30(22,23)26-28(17,18)19/h1-2,4-6,15-16H,(H,20,21)(H,22,23)(H2,9,11,31)(H2,17,18,19)/t4?,5-,6-,8+/m1/s1. The number of aliphatic hydroxyl groups excluding tert-OH is 2. The number of phosphoric ester groups is 1. The molecule has 1 aliphatic heterocycles. The van der Waals surface area contributed by atoms with E-state index >= 15 is 0 Å². The maximum absolute atomic E-state index is 12.1. The van der Waals surface area contributed by atoms with E-state index in [4.69, 9.17) is 38.0 Å². The molecule has 0 spiro atoms. The number of nitrogens with two attached hydrogens (primary N) is 1. The number of rotatable bonds is 8. The minimum atomic E-state index is -5.96. The van der Waals surface area contributed by atoms with E-state index in [9.17, 15) is 33.7 Å². The molecule has 1 fully saturated rings. The van der Waals surface area contributed by atoms with E-state index in [0.717, 1.165) is 10.8 Å². The third-order valence-electron chi connectivity index (χ3n) is 3.25. The summed E-state index contributed by atoms with van der Waals surface area (Å²) in [7, 11) is -17.6. The molecule has 0 amide bonds.